The van der Waals surface area contributed by atoms with Crippen LogP contribution >= 0.6 is 0 Å². The lowest BCUT2D eigenvalue weighted by atomic mass is 9.96. The summed E-state index contributed by atoms with van der Waals surface area (Å²) in [5.74, 6) is 1.13. The second-order valence-electron chi connectivity index (χ2n) is 4.61. The standard InChI is InChI=1S/C13H22N4/c1-2-8-17(9-7-14)13-11-5-3-4-6-12(11)15-10-16-13/h10H,2-9,14H2,1H3. The quantitative estimate of drug-likeness (QED) is 0.839. The van der Waals surface area contributed by atoms with Gasteiger partial charge < -0.3 is 10.6 Å². The van der Waals surface area contributed by atoms with Gasteiger partial charge in [0, 0.05) is 30.9 Å². The van der Waals surface area contributed by atoms with E-state index in [4.69, 9.17) is 5.73 Å². The van der Waals surface area contributed by atoms with Crippen molar-refractivity contribution in [2.75, 3.05) is 24.5 Å². The number of nitrogens with two attached hydrogens (primary N) is 1. The zero-order valence-corrected chi connectivity index (χ0v) is 10.7. The Morgan fingerprint density at radius 1 is 1.24 bits per heavy atom. The maximum Gasteiger partial charge on any atom is 0.135 e. The number of aryl methyl sites for hydroxylation is 1. The molecule has 4 nitrogen and oxygen atoms in total. The minimum absolute atomic E-state index is 0.679. The number of fused-ring (bicyclic) bond motifs is 1. The molecule has 0 amide bonds. The molecule has 0 aliphatic heterocycles. The van der Waals surface area contributed by atoms with Crippen LogP contribution in [0.2, 0.25) is 0 Å². The van der Waals surface area contributed by atoms with Crippen LogP contribution in [0.25, 0.3) is 0 Å². The van der Waals surface area contributed by atoms with E-state index in [1.54, 1.807) is 6.33 Å². The smallest absolute Gasteiger partial charge is 0.135 e. The predicted octanol–water partition coefficient (Wildman–Crippen LogP) is 1.53. The molecule has 1 heterocycles. The first-order chi connectivity index (χ1) is 8.36. The molecule has 0 atom stereocenters. The van der Waals surface area contributed by atoms with Crippen LogP contribution < -0.4 is 10.6 Å². The van der Waals surface area contributed by atoms with Crippen molar-refractivity contribution in [3.63, 3.8) is 0 Å². The zero-order valence-electron chi connectivity index (χ0n) is 10.7. The Bertz CT molecular complexity index is 358. The first kappa shape index (κ1) is 12.3. The molecular formula is C13H22N4. The Hall–Kier alpha value is -1.16. The Morgan fingerprint density at radius 3 is 2.82 bits per heavy atom. The van der Waals surface area contributed by atoms with Crippen LogP contribution in [0.4, 0.5) is 5.82 Å². The summed E-state index contributed by atoms with van der Waals surface area (Å²) >= 11 is 0. The number of hydrogen-bond acceptors (Lipinski definition) is 4. The number of nitrogens with zero attached hydrogens (tertiary/aromatic N) is 3. The molecular weight excluding hydrogens is 212 g/mol. The molecule has 1 aromatic rings. The van der Waals surface area contributed by atoms with Crippen molar-refractivity contribution in [1.82, 2.24) is 9.97 Å². The number of anilines is 1. The number of aromatic nitrogens is 2. The van der Waals surface area contributed by atoms with Crippen molar-refractivity contribution in [2.45, 2.75) is 39.0 Å². The fraction of sp³-hybridized carbons (Fsp3) is 0.692. The molecule has 0 saturated carbocycles. The third kappa shape index (κ3) is 2.75. The SMILES string of the molecule is CCCN(CCN)c1ncnc2c1CCCC2. The van der Waals surface area contributed by atoms with E-state index in [0.717, 1.165) is 38.2 Å². The molecule has 4 heteroatoms. The van der Waals surface area contributed by atoms with Gasteiger partial charge in [0.1, 0.15) is 12.1 Å². The van der Waals surface area contributed by atoms with E-state index < -0.39 is 0 Å². The van der Waals surface area contributed by atoms with Gasteiger partial charge in [0.25, 0.3) is 0 Å². The lowest BCUT2D eigenvalue weighted by molar-refractivity contribution is 0.651. The van der Waals surface area contributed by atoms with E-state index >= 15 is 0 Å². The summed E-state index contributed by atoms with van der Waals surface area (Å²) in [6.45, 7) is 4.79. The fourth-order valence-electron chi connectivity index (χ4n) is 2.53. The molecule has 2 rings (SSSR count). The summed E-state index contributed by atoms with van der Waals surface area (Å²) in [5, 5.41) is 0. The molecule has 2 N–H and O–H groups in total. The summed E-state index contributed by atoms with van der Waals surface area (Å²) < 4.78 is 0. The molecule has 0 saturated heterocycles. The van der Waals surface area contributed by atoms with Gasteiger partial charge in [-0.2, -0.15) is 0 Å². The van der Waals surface area contributed by atoms with Crippen molar-refractivity contribution in [2.24, 2.45) is 5.73 Å². The topological polar surface area (TPSA) is 55.0 Å². The molecule has 1 aliphatic rings. The highest BCUT2D eigenvalue weighted by molar-refractivity contribution is 5.49. The van der Waals surface area contributed by atoms with Gasteiger partial charge in [0.15, 0.2) is 0 Å². The Morgan fingerprint density at radius 2 is 2.06 bits per heavy atom. The maximum atomic E-state index is 5.69. The molecule has 0 bridgehead atoms. The average molecular weight is 234 g/mol. The zero-order chi connectivity index (χ0) is 12.1. The molecule has 0 radical (unpaired) electrons. The maximum absolute atomic E-state index is 5.69. The molecule has 0 unspecified atom stereocenters. The minimum atomic E-state index is 0.679. The second kappa shape index (κ2) is 5.96. The van der Waals surface area contributed by atoms with E-state index in [0.29, 0.717) is 6.54 Å². The normalized spacial score (nSPS) is 14.5. The van der Waals surface area contributed by atoms with Crippen LogP contribution in [0.3, 0.4) is 0 Å². The highest BCUT2D eigenvalue weighted by atomic mass is 15.2. The van der Waals surface area contributed by atoms with Crippen molar-refractivity contribution in [1.29, 1.82) is 0 Å². The van der Waals surface area contributed by atoms with Crippen LogP contribution in [-0.2, 0) is 12.8 Å². The average Bonchev–Trinajstić information content (AvgIpc) is 2.38. The van der Waals surface area contributed by atoms with Crippen molar-refractivity contribution in [3.8, 4) is 0 Å². The van der Waals surface area contributed by atoms with Crippen molar-refractivity contribution < 1.29 is 0 Å². The van der Waals surface area contributed by atoms with Crippen LogP contribution in [-0.4, -0.2) is 29.6 Å². The van der Waals surface area contributed by atoms with E-state index in [2.05, 4.69) is 21.8 Å². The molecule has 1 aliphatic carbocycles. The summed E-state index contributed by atoms with van der Waals surface area (Å²) in [5.41, 5.74) is 8.30. The molecule has 17 heavy (non-hydrogen) atoms. The van der Waals surface area contributed by atoms with Gasteiger partial charge in [-0.15, -0.1) is 0 Å². The highest BCUT2D eigenvalue weighted by Gasteiger charge is 2.18. The second-order valence-corrected chi connectivity index (χ2v) is 4.61. The largest absolute Gasteiger partial charge is 0.355 e. The lowest BCUT2D eigenvalue weighted by Crippen LogP contribution is -2.32. The molecule has 0 aromatic carbocycles. The summed E-state index contributed by atoms with van der Waals surface area (Å²) in [6.07, 6.45) is 7.57. The third-order valence-electron chi connectivity index (χ3n) is 3.29. The van der Waals surface area contributed by atoms with Crippen LogP contribution in [0.15, 0.2) is 6.33 Å². The number of rotatable bonds is 5. The molecule has 94 valence electrons. The van der Waals surface area contributed by atoms with Crippen LogP contribution in [0.1, 0.15) is 37.4 Å². The third-order valence-corrected chi connectivity index (χ3v) is 3.29. The molecule has 0 fully saturated rings. The van der Waals surface area contributed by atoms with Gasteiger partial charge >= 0.3 is 0 Å². The van der Waals surface area contributed by atoms with Crippen LogP contribution in [0, 0.1) is 0 Å². The monoisotopic (exact) mass is 234 g/mol. The molecule has 0 spiro atoms. The van der Waals surface area contributed by atoms with Gasteiger partial charge in [-0.25, -0.2) is 9.97 Å². The van der Waals surface area contributed by atoms with E-state index in [1.165, 1.54) is 24.1 Å². The van der Waals surface area contributed by atoms with Gasteiger partial charge in [0.05, 0.1) is 0 Å². The van der Waals surface area contributed by atoms with Gasteiger partial charge in [-0.3, -0.25) is 0 Å². The first-order valence-electron chi connectivity index (χ1n) is 6.64. The van der Waals surface area contributed by atoms with Gasteiger partial charge in [0.2, 0.25) is 0 Å². The van der Waals surface area contributed by atoms with E-state index in [-0.39, 0.29) is 0 Å². The first-order valence-corrected chi connectivity index (χ1v) is 6.64. The van der Waals surface area contributed by atoms with Crippen molar-refractivity contribution in [3.05, 3.63) is 17.6 Å². The van der Waals surface area contributed by atoms with Gasteiger partial charge in [-0.05, 0) is 32.1 Å². The molecule has 1 aromatic heterocycles. The van der Waals surface area contributed by atoms with E-state index in [9.17, 15) is 0 Å². The Kier molecular flexibility index (Phi) is 4.31. The lowest BCUT2D eigenvalue weighted by Gasteiger charge is -2.27. The van der Waals surface area contributed by atoms with E-state index in [1.807, 2.05) is 0 Å². The summed E-state index contributed by atoms with van der Waals surface area (Å²) in [6, 6.07) is 0. The summed E-state index contributed by atoms with van der Waals surface area (Å²) in [4.78, 5) is 11.2. The minimum Gasteiger partial charge on any atom is -0.355 e. The Labute approximate surface area is 103 Å². The Balaban J connectivity index is 2.28. The van der Waals surface area contributed by atoms with Crippen molar-refractivity contribution >= 4 is 5.82 Å². The highest BCUT2D eigenvalue weighted by Crippen LogP contribution is 2.26. The fourth-order valence-corrected chi connectivity index (χ4v) is 2.53. The number of hydrogen-bond donors (Lipinski definition) is 1. The van der Waals surface area contributed by atoms with Gasteiger partial charge in [-0.1, -0.05) is 6.92 Å². The predicted molar refractivity (Wildman–Crippen MR) is 70.2 cm³/mol. The van der Waals surface area contributed by atoms with Crippen LogP contribution in [0.5, 0.6) is 0 Å². The summed E-state index contributed by atoms with van der Waals surface area (Å²) in [7, 11) is 0.